The number of hydrogen-bond acceptors (Lipinski definition) is 10. The fourth-order valence-electron chi connectivity index (χ4n) is 4.96. The lowest BCUT2D eigenvalue weighted by Gasteiger charge is -2.18. The van der Waals surface area contributed by atoms with E-state index < -0.39 is 0 Å². The standard InChI is InChI=1S/C18H18N2O3.C16H17N3O.C5H5N/c1-3-21-15-11-10-14(12-16(15)22-4-2)18-19-17(20-23-18)13-8-6-5-7-9-13;1-2-14(12-6-4-3-5-7-12)16-18-15(19-20-16)13-8-10-17-11-9-13;1-2-4-6-5-3-1/h5-12H,3-4H2,1-2H3;3-11,14,16H,2H2,1H3,(H,18,19);1-5H. The maximum absolute atomic E-state index is 5.65. The third-order valence-electron chi connectivity index (χ3n) is 7.31. The Morgan fingerprint density at radius 1 is 0.673 bits per heavy atom. The van der Waals surface area contributed by atoms with E-state index in [1.165, 1.54) is 5.56 Å². The molecular weight excluding hydrogens is 616 g/mol. The molecule has 6 aromatic rings. The molecule has 10 heteroatoms. The minimum atomic E-state index is -0.189. The molecule has 0 aliphatic carbocycles. The summed E-state index contributed by atoms with van der Waals surface area (Å²) in [5.41, 5.74) is 6.89. The monoisotopic (exact) mass is 656 g/mol. The molecule has 250 valence electrons. The Labute approximate surface area is 286 Å². The number of amidine groups is 1. The Kier molecular flexibility index (Phi) is 13.0. The molecule has 0 spiro atoms. The highest BCUT2D eigenvalue weighted by molar-refractivity contribution is 5.98. The van der Waals surface area contributed by atoms with Crippen LogP contribution >= 0.6 is 0 Å². The Morgan fingerprint density at radius 2 is 1.33 bits per heavy atom. The van der Waals surface area contributed by atoms with Gasteiger partial charge in [-0.25, -0.2) is 15.3 Å². The van der Waals surface area contributed by atoms with Crippen molar-refractivity contribution in [3.63, 3.8) is 0 Å². The summed E-state index contributed by atoms with van der Waals surface area (Å²) in [6.45, 7) is 7.16. The van der Waals surface area contributed by atoms with Crippen molar-refractivity contribution in [3.8, 4) is 34.3 Å². The van der Waals surface area contributed by atoms with Crippen molar-refractivity contribution in [2.24, 2.45) is 4.99 Å². The normalized spacial score (nSPS) is 13.8. The van der Waals surface area contributed by atoms with Crippen molar-refractivity contribution in [3.05, 3.63) is 145 Å². The number of benzene rings is 3. The van der Waals surface area contributed by atoms with E-state index in [2.05, 4.69) is 49.6 Å². The number of aliphatic imine (C=N–C) groups is 1. The van der Waals surface area contributed by atoms with Crippen LogP contribution in [-0.4, -0.2) is 45.4 Å². The molecule has 0 fully saturated rings. The van der Waals surface area contributed by atoms with Crippen LogP contribution in [-0.2, 0) is 4.84 Å². The van der Waals surface area contributed by atoms with Crippen LogP contribution < -0.4 is 15.0 Å². The molecule has 10 nitrogen and oxygen atoms in total. The lowest BCUT2D eigenvalue weighted by Crippen LogP contribution is -2.22. The van der Waals surface area contributed by atoms with Crippen LogP contribution in [0, 0.1) is 0 Å². The molecule has 0 amide bonds. The van der Waals surface area contributed by atoms with Crippen LogP contribution in [0.3, 0.4) is 0 Å². The summed E-state index contributed by atoms with van der Waals surface area (Å²) in [6, 6.07) is 35.2. The first kappa shape index (κ1) is 34.5. The average Bonchev–Trinajstić information content (AvgIpc) is 3.87. The molecule has 2 atom stereocenters. The van der Waals surface area contributed by atoms with Crippen LogP contribution in [0.25, 0.3) is 22.8 Å². The smallest absolute Gasteiger partial charge is 0.258 e. The van der Waals surface area contributed by atoms with Gasteiger partial charge in [0.15, 0.2) is 23.6 Å². The van der Waals surface area contributed by atoms with Gasteiger partial charge < -0.3 is 14.0 Å². The molecule has 49 heavy (non-hydrogen) atoms. The zero-order valence-corrected chi connectivity index (χ0v) is 27.8. The van der Waals surface area contributed by atoms with E-state index >= 15 is 0 Å². The largest absolute Gasteiger partial charge is 0.490 e. The summed E-state index contributed by atoms with van der Waals surface area (Å²) in [5.74, 6) is 3.42. The zero-order chi connectivity index (χ0) is 34.1. The van der Waals surface area contributed by atoms with Crippen molar-refractivity contribution in [2.45, 2.75) is 39.3 Å². The van der Waals surface area contributed by atoms with Gasteiger partial charge in [0.1, 0.15) is 0 Å². The van der Waals surface area contributed by atoms with E-state index in [0.717, 1.165) is 28.9 Å². The van der Waals surface area contributed by atoms with Gasteiger partial charge >= 0.3 is 0 Å². The highest BCUT2D eigenvalue weighted by Gasteiger charge is 2.28. The fraction of sp³-hybridized carbons (Fsp3) is 0.205. The van der Waals surface area contributed by atoms with Gasteiger partial charge in [0, 0.05) is 47.4 Å². The Bertz CT molecular complexity index is 1810. The van der Waals surface area contributed by atoms with Crippen molar-refractivity contribution in [2.75, 3.05) is 13.2 Å². The number of rotatable bonds is 10. The van der Waals surface area contributed by atoms with Crippen molar-refractivity contribution < 1.29 is 18.8 Å². The minimum absolute atomic E-state index is 0.189. The van der Waals surface area contributed by atoms with Crippen LogP contribution in [0.1, 0.15) is 44.2 Å². The molecule has 3 aromatic carbocycles. The van der Waals surface area contributed by atoms with Crippen LogP contribution in [0.5, 0.6) is 11.5 Å². The summed E-state index contributed by atoms with van der Waals surface area (Å²) in [7, 11) is 0. The Balaban J connectivity index is 0.000000164. The lowest BCUT2D eigenvalue weighted by atomic mass is 9.95. The first-order valence-corrected chi connectivity index (χ1v) is 16.3. The number of ether oxygens (including phenoxy) is 2. The molecule has 0 radical (unpaired) electrons. The number of nitrogens with zero attached hydrogens (tertiary/aromatic N) is 5. The van der Waals surface area contributed by atoms with E-state index in [0.29, 0.717) is 36.4 Å². The van der Waals surface area contributed by atoms with Crippen molar-refractivity contribution >= 4 is 5.84 Å². The summed E-state index contributed by atoms with van der Waals surface area (Å²) < 4.78 is 16.6. The number of aromatic nitrogens is 4. The molecule has 1 N–H and O–H groups in total. The molecular formula is C39H40N6O4. The first-order valence-electron chi connectivity index (χ1n) is 16.3. The van der Waals surface area contributed by atoms with Gasteiger partial charge in [0.05, 0.1) is 13.2 Å². The first-order chi connectivity index (χ1) is 24.2. The fourth-order valence-corrected chi connectivity index (χ4v) is 4.96. The molecule has 3 aromatic heterocycles. The molecule has 4 heterocycles. The third-order valence-corrected chi connectivity index (χ3v) is 7.31. The van der Waals surface area contributed by atoms with E-state index in [1.807, 2.05) is 111 Å². The number of hydroxylamine groups is 1. The quantitative estimate of drug-likeness (QED) is 0.156. The average molecular weight is 657 g/mol. The predicted molar refractivity (Wildman–Crippen MR) is 190 cm³/mol. The Morgan fingerprint density at radius 3 is 1.96 bits per heavy atom. The number of nitrogens with one attached hydrogen (secondary N) is 1. The maximum atomic E-state index is 5.65. The van der Waals surface area contributed by atoms with Crippen molar-refractivity contribution in [1.82, 2.24) is 25.6 Å². The Hall–Kier alpha value is -5.87. The van der Waals surface area contributed by atoms with Crippen LogP contribution in [0.15, 0.2) is 143 Å². The summed E-state index contributed by atoms with van der Waals surface area (Å²) in [4.78, 5) is 22.6. The third kappa shape index (κ3) is 9.82. The maximum Gasteiger partial charge on any atom is 0.258 e. The van der Waals surface area contributed by atoms with Gasteiger partial charge in [-0.05, 0) is 68.3 Å². The SMILES string of the molecule is CCC(c1ccccc1)C1N=C(c2ccncc2)NO1.CCOc1ccc(-c2nc(-c3ccccc3)no2)cc1OCC.c1ccncc1. The van der Waals surface area contributed by atoms with E-state index in [4.69, 9.17) is 18.8 Å². The zero-order valence-electron chi connectivity index (χ0n) is 27.8. The molecule has 1 aliphatic rings. The molecule has 0 bridgehead atoms. The van der Waals surface area contributed by atoms with E-state index in [9.17, 15) is 0 Å². The number of hydrogen-bond donors (Lipinski definition) is 1. The van der Waals surface area contributed by atoms with Crippen LogP contribution in [0.2, 0.25) is 0 Å². The lowest BCUT2D eigenvalue weighted by molar-refractivity contribution is 0.0202. The van der Waals surface area contributed by atoms with Crippen LogP contribution in [0.4, 0.5) is 0 Å². The molecule has 2 unspecified atom stereocenters. The summed E-state index contributed by atoms with van der Waals surface area (Å²) in [6.07, 6.45) is 7.79. The molecule has 1 aliphatic heterocycles. The van der Waals surface area contributed by atoms with Gasteiger partial charge in [-0.2, -0.15) is 4.98 Å². The van der Waals surface area contributed by atoms with Gasteiger partial charge in [-0.3, -0.25) is 9.97 Å². The molecule has 0 saturated heterocycles. The molecule has 0 saturated carbocycles. The molecule has 7 rings (SSSR count). The van der Waals surface area contributed by atoms with Gasteiger partial charge in [0.25, 0.3) is 5.89 Å². The van der Waals surface area contributed by atoms with E-state index in [1.54, 1.807) is 24.8 Å². The highest BCUT2D eigenvalue weighted by Crippen LogP contribution is 2.33. The highest BCUT2D eigenvalue weighted by atomic mass is 16.7. The second kappa shape index (κ2) is 18.5. The number of pyridine rings is 2. The predicted octanol–water partition coefficient (Wildman–Crippen LogP) is 8.17. The van der Waals surface area contributed by atoms with Gasteiger partial charge in [-0.15, -0.1) is 0 Å². The second-order valence-electron chi connectivity index (χ2n) is 10.6. The van der Waals surface area contributed by atoms with E-state index in [-0.39, 0.29) is 12.1 Å². The van der Waals surface area contributed by atoms with Gasteiger partial charge in [0.2, 0.25) is 5.82 Å². The minimum Gasteiger partial charge on any atom is -0.490 e. The van der Waals surface area contributed by atoms with Gasteiger partial charge in [-0.1, -0.05) is 78.8 Å². The second-order valence-corrected chi connectivity index (χ2v) is 10.6. The van der Waals surface area contributed by atoms with Crippen molar-refractivity contribution in [1.29, 1.82) is 0 Å². The topological polar surface area (TPSA) is 117 Å². The summed E-state index contributed by atoms with van der Waals surface area (Å²) in [5, 5.41) is 4.04. The summed E-state index contributed by atoms with van der Waals surface area (Å²) >= 11 is 0.